The van der Waals surface area contributed by atoms with E-state index in [4.69, 9.17) is 14.5 Å². The van der Waals surface area contributed by atoms with Crippen molar-refractivity contribution >= 4 is 13.8 Å². The zero-order valence-corrected chi connectivity index (χ0v) is 19.4. The summed E-state index contributed by atoms with van der Waals surface area (Å²) in [7, 11) is -4.80. The van der Waals surface area contributed by atoms with E-state index in [9.17, 15) is 14.5 Å². The van der Waals surface area contributed by atoms with E-state index in [1.165, 1.54) is 5.57 Å². The lowest BCUT2D eigenvalue weighted by molar-refractivity contribution is -0.137. The van der Waals surface area contributed by atoms with E-state index in [1.54, 1.807) is 12.1 Å². The molecule has 2 rings (SSSR count). The minimum atomic E-state index is -4.80. The number of aryl methyl sites for hydroxylation is 1. The predicted molar refractivity (Wildman–Crippen MR) is 119 cm³/mol. The van der Waals surface area contributed by atoms with E-state index >= 15 is 0 Å². The highest BCUT2D eigenvalue weighted by molar-refractivity contribution is 7.46. The van der Waals surface area contributed by atoms with E-state index in [0.29, 0.717) is 12.0 Å². The maximum Gasteiger partial charge on any atom is 0.470 e. The van der Waals surface area contributed by atoms with Gasteiger partial charge < -0.3 is 19.6 Å². The van der Waals surface area contributed by atoms with Crippen molar-refractivity contribution < 1.29 is 33.5 Å². The molecule has 31 heavy (non-hydrogen) atoms. The van der Waals surface area contributed by atoms with Crippen molar-refractivity contribution in [2.45, 2.75) is 65.2 Å². The molecule has 0 saturated carbocycles. The monoisotopic (exact) mass is 452 g/mol. The van der Waals surface area contributed by atoms with Crippen molar-refractivity contribution in [2.24, 2.45) is 5.92 Å². The molecule has 0 spiro atoms. The van der Waals surface area contributed by atoms with Crippen LogP contribution in [0.15, 0.2) is 35.9 Å². The van der Waals surface area contributed by atoms with Crippen molar-refractivity contribution in [1.82, 2.24) is 0 Å². The lowest BCUT2D eigenvalue weighted by Crippen LogP contribution is -2.20. The van der Waals surface area contributed by atoms with Gasteiger partial charge in [-0.25, -0.2) is 9.36 Å². The maximum absolute atomic E-state index is 12.3. The zero-order valence-electron chi connectivity index (χ0n) is 18.5. The molecule has 8 heteroatoms. The van der Waals surface area contributed by atoms with Crippen molar-refractivity contribution in [3.63, 3.8) is 0 Å². The Labute approximate surface area is 184 Å². The van der Waals surface area contributed by atoms with Gasteiger partial charge in [-0.05, 0) is 63.1 Å². The second-order valence-electron chi connectivity index (χ2n) is 8.25. The molecule has 0 aliphatic heterocycles. The minimum Gasteiger partial charge on any atom is -0.507 e. The van der Waals surface area contributed by atoms with Gasteiger partial charge in [-0.15, -0.1) is 0 Å². The standard InChI is InChI=1S/C23H33O7P/c1-5-6-7-8-17-12-20(24)23(19-11-16(4)9-10-18(19)15(2)3)21(13-17)30-22(25)14-29-31(26,27)28/h11-13,18-19,24H,2,5-10,14H2,1,3-4H3,(H2,26,27,28)/t18-,19+/m0/s1. The normalized spacial score (nSPS) is 19.1. The Hall–Kier alpha value is -1.92. The molecule has 7 nitrogen and oxygen atoms in total. The summed E-state index contributed by atoms with van der Waals surface area (Å²) in [5, 5.41) is 10.9. The molecule has 0 radical (unpaired) electrons. The molecule has 3 N–H and O–H groups in total. The summed E-state index contributed by atoms with van der Waals surface area (Å²) in [6, 6.07) is 3.44. The van der Waals surface area contributed by atoms with Gasteiger partial charge in [0.05, 0.1) is 0 Å². The summed E-state index contributed by atoms with van der Waals surface area (Å²) in [5.74, 6) is -0.869. The van der Waals surface area contributed by atoms with E-state index in [2.05, 4.69) is 24.1 Å². The molecule has 1 aromatic carbocycles. The van der Waals surface area contributed by atoms with E-state index in [-0.39, 0.29) is 23.3 Å². The van der Waals surface area contributed by atoms with Gasteiger partial charge in [0, 0.05) is 11.5 Å². The van der Waals surface area contributed by atoms with Gasteiger partial charge in [0.1, 0.15) is 11.5 Å². The fourth-order valence-corrected chi connectivity index (χ4v) is 4.28. The number of ether oxygens (including phenoxy) is 1. The number of allylic oxidation sites excluding steroid dienone is 3. The quantitative estimate of drug-likeness (QED) is 0.148. The first-order valence-electron chi connectivity index (χ1n) is 10.6. The third kappa shape index (κ3) is 7.62. The fourth-order valence-electron chi connectivity index (χ4n) is 4.01. The molecule has 0 saturated heterocycles. The predicted octanol–water partition coefficient (Wildman–Crippen LogP) is 5.16. The number of phosphoric acid groups is 1. The van der Waals surface area contributed by atoms with Gasteiger partial charge in [0.15, 0.2) is 6.61 Å². The van der Waals surface area contributed by atoms with Crippen LogP contribution in [-0.2, 0) is 20.3 Å². The lowest BCUT2D eigenvalue weighted by Gasteiger charge is -2.32. The second kappa shape index (κ2) is 11.1. The van der Waals surface area contributed by atoms with Gasteiger partial charge in [0.25, 0.3) is 0 Å². The average molecular weight is 452 g/mol. The third-order valence-corrected chi connectivity index (χ3v) is 6.00. The molecule has 0 unspecified atom stereocenters. The number of rotatable bonds is 10. The minimum absolute atomic E-state index is 0.0369. The SMILES string of the molecule is C=C(C)[C@@H]1CCC(C)=C[C@H]1c1c(O)cc(CCCCC)cc1OC(=O)COP(=O)(O)O. The number of aromatic hydroxyl groups is 1. The third-order valence-electron chi connectivity index (χ3n) is 5.54. The van der Waals surface area contributed by atoms with Gasteiger partial charge in [-0.1, -0.05) is 43.6 Å². The first-order valence-corrected chi connectivity index (χ1v) is 12.1. The fraction of sp³-hybridized carbons (Fsp3) is 0.522. The number of carbonyl (C=O) groups excluding carboxylic acids is 1. The number of carbonyl (C=O) groups is 1. The number of phenols is 1. The number of hydrogen-bond donors (Lipinski definition) is 3. The van der Waals surface area contributed by atoms with Gasteiger partial charge in [-0.3, -0.25) is 4.52 Å². The van der Waals surface area contributed by atoms with Crippen LogP contribution >= 0.6 is 7.82 Å². The van der Waals surface area contributed by atoms with E-state index in [1.807, 2.05) is 13.8 Å². The van der Waals surface area contributed by atoms with Crippen LogP contribution in [-0.4, -0.2) is 27.5 Å². The first kappa shape index (κ1) is 25.3. The summed E-state index contributed by atoms with van der Waals surface area (Å²) in [6.45, 7) is 9.28. The molecule has 0 fully saturated rings. The Bertz CT molecular complexity index is 884. The van der Waals surface area contributed by atoms with Crippen LogP contribution in [0.5, 0.6) is 11.5 Å². The van der Waals surface area contributed by atoms with Crippen LogP contribution < -0.4 is 4.74 Å². The van der Waals surface area contributed by atoms with E-state index < -0.39 is 20.4 Å². The smallest absolute Gasteiger partial charge is 0.470 e. The molecule has 172 valence electrons. The van der Waals surface area contributed by atoms with Crippen LogP contribution in [0.2, 0.25) is 0 Å². The van der Waals surface area contributed by atoms with Crippen molar-refractivity contribution in [3.8, 4) is 11.5 Å². The summed E-state index contributed by atoms with van der Waals surface area (Å²) >= 11 is 0. The van der Waals surface area contributed by atoms with E-state index in [0.717, 1.165) is 43.2 Å². The molecular formula is C23H33O7P. The Morgan fingerprint density at radius 3 is 2.61 bits per heavy atom. The topological polar surface area (TPSA) is 113 Å². The Morgan fingerprint density at radius 1 is 1.29 bits per heavy atom. The van der Waals surface area contributed by atoms with Crippen LogP contribution in [0.3, 0.4) is 0 Å². The van der Waals surface area contributed by atoms with Crippen molar-refractivity contribution in [1.29, 1.82) is 0 Å². The van der Waals surface area contributed by atoms with Crippen molar-refractivity contribution in [3.05, 3.63) is 47.1 Å². The highest BCUT2D eigenvalue weighted by atomic mass is 31.2. The summed E-state index contributed by atoms with van der Waals surface area (Å²) < 4.78 is 20.6. The highest BCUT2D eigenvalue weighted by Gasteiger charge is 2.31. The molecule has 0 amide bonds. The Balaban J connectivity index is 2.44. The van der Waals surface area contributed by atoms with Gasteiger partial charge >= 0.3 is 13.8 Å². The number of esters is 1. The van der Waals surface area contributed by atoms with Crippen molar-refractivity contribution in [2.75, 3.05) is 6.61 Å². The highest BCUT2D eigenvalue weighted by Crippen LogP contribution is 2.47. The molecule has 1 aliphatic carbocycles. The van der Waals surface area contributed by atoms with Gasteiger partial charge in [0.2, 0.25) is 0 Å². The van der Waals surface area contributed by atoms with Crippen LogP contribution in [0.25, 0.3) is 0 Å². The maximum atomic E-state index is 12.3. The molecular weight excluding hydrogens is 419 g/mol. The van der Waals surface area contributed by atoms with Crippen LogP contribution in [0.1, 0.15) is 69.9 Å². The number of benzene rings is 1. The largest absolute Gasteiger partial charge is 0.507 e. The number of phenolic OH excluding ortho intramolecular Hbond substituents is 1. The van der Waals surface area contributed by atoms with Crippen LogP contribution in [0.4, 0.5) is 0 Å². The second-order valence-corrected chi connectivity index (χ2v) is 9.49. The molecule has 0 heterocycles. The Kier molecular flexibility index (Phi) is 9.07. The summed E-state index contributed by atoms with van der Waals surface area (Å²) in [6.07, 6.45) is 7.60. The molecule has 2 atom stereocenters. The molecule has 0 aromatic heterocycles. The van der Waals surface area contributed by atoms with Crippen LogP contribution in [0, 0.1) is 5.92 Å². The zero-order chi connectivity index (χ0) is 23.2. The molecule has 1 aromatic rings. The Morgan fingerprint density at radius 2 is 2.00 bits per heavy atom. The first-order chi connectivity index (χ1) is 14.5. The average Bonchev–Trinajstić information content (AvgIpc) is 2.65. The summed E-state index contributed by atoms with van der Waals surface area (Å²) in [4.78, 5) is 29.9. The molecule has 1 aliphatic rings. The van der Waals surface area contributed by atoms with Gasteiger partial charge in [-0.2, -0.15) is 0 Å². The summed E-state index contributed by atoms with van der Waals surface area (Å²) in [5.41, 5.74) is 3.46. The lowest BCUT2D eigenvalue weighted by atomic mass is 9.73. The number of phosphoric ester groups is 1. The number of unbranched alkanes of at least 4 members (excludes halogenated alkanes) is 2. The molecule has 0 bridgehead atoms. The number of hydrogen-bond acceptors (Lipinski definition) is 5.